The van der Waals surface area contributed by atoms with Crippen LogP contribution in [0.2, 0.25) is 5.02 Å². The highest BCUT2D eigenvalue weighted by Gasteiger charge is 2.13. The molecule has 1 amide bonds. The second-order valence-corrected chi connectivity index (χ2v) is 4.42. The Bertz CT molecular complexity index is 560. The van der Waals surface area contributed by atoms with Crippen molar-refractivity contribution in [3.63, 3.8) is 0 Å². The minimum atomic E-state index is -0.0327. The van der Waals surface area contributed by atoms with E-state index in [4.69, 9.17) is 11.6 Å². The Labute approximate surface area is 110 Å². The average Bonchev–Trinajstić information content (AvgIpc) is 2.72. The number of halogens is 1. The van der Waals surface area contributed by atoms with Gasteiger partial charge in [-0.1, -0.05) is 30.7 Å². The number of amides is 1. The number of hydrogen-bond acceptors (Lipinski definition) is 2. The van der Waals surface area contributed by atoms with Crippen LogP contribution < -0.4 is 5.32 Å². The molecule has 94 valence electrons. The molecule has 0 bridgehead atoms. The number of rotatable bonds is 3. The summed E-state index contributed by atoms with van der Waals surface area (Å²) >= 11 is 5.85. The van der Waals surface area contributed by atoms with Crippen LogP contribution >= 0.6 is 11.6 Å². The summed E-state index contributed by atoms with van der Waals surface area (Å²) in [6.45, 7) is 3.68. The lowest BCUT2D eigenvalue weighted by Crippen LogP contribution is -2.10. The maximum atomic E-state index is 11.5. The predicted molar refractivity (Wildman–Crippen MR) is 72.7 cm³/mol. The maximum Gasteiger partial charge on any atom is 0.224 e. The third kappa shape index (κ3) is 2.54. The van der Waals surface area contributed by atoms with Gasteiger partial charge in [-0.05, 0) is 19.1 Å². The summed E-state index contributed by atoms with van der Waals surface area (Å²) in [6.07, 6.45) is 0.435. The van der Waals surface area contributed by atoms with Crippen molar-refractivity contribution in [1.82, 2.24) is 10.2 Å². The zero-order valence-electron chi connectivity index (χ0n) is 10.2. The first-order valence-corrected chi connectivity index (χ1v) is 6.10. The summed E-state index contributed by atoms with van der Waals surface area (Å²) in [7, 11) is 0. The molecule has 0 radical (unpaired) electrons. The van der Waals surface area contributed by atoms with Gasteiger partial charge in [-0.3, -0.25) is 9.89 Å². The molecular formula is C13H14ClN3O. The van der Waals surface area contributed by atoms with Crippen LogP contribution in [0, 0.1) is 6.92 Å². The third-order valence-corrected chi connectivity index (χ3v) is 2.90. The summed E-state index contributed by atoms with van der Waals surface area (Å²) < 4.78 is 0. The smallest absolute Gasteiger partial charge is 0.224 e. The maximum absolute atomic E-state index is 11.5. The molecule has 0 unspecified atom stereocenters. The van der Waals surface area contributed by atoms with E-state index >= 15 is 0 Å². The predicted octanol–water partition coefficient (Wildman–Crippen LogP) is 3.39. The molecule has 0 aliphatic carbocycles. The number of aromatic amines is 1. The van der Waals surface area contributed by atoms with Crippen LogP contribution in [0.4, 0.5) is 5.69 Å². The minimum absolute atomic E-state index is 0.0327. The molecular weight excluding hydrogens is 250 g/mol. The van der Waals surface area contributed by atoms with Crippen LogP contribution in [-0.2, 0) is 4.79 Å². The van der Waals surface area contributed by atoms with E-state index in [1.54, 1.807) is 12.1 Å². The van der Waals surface area contributed by atoms with Crippen LogP contribution in [-0.4, -0.2) is 16.1 Å². The highest BCUT2D eigenvalue weighted by Crippen LogP contribution is 2.29. The van der Waals surface area contributed by atoms with Gasteiger partial charge in [0.25, 0.3) is 0 Å². The third-order valence-electron chi connectivity index (χ3n) is 2.65. The number of nitrogens with one attached hydrogen (secondary N) is 2. The Morgan fingerprint density at radius 3 is 2.67 bits per heavy atom. The monoisotopic (exact) mass is 263 g/mol. The Hall–Kier alpha value is -1.81. The van der Waals surface area contributed by atoms with Crippen molar-refractivity contribution in [1.29, 1.82) is 0 Å². The molecule has 18 heavy (non-hydrogen) atoms. The molecule has 5 heteroatoms. The standard InChI is InChI=1S/C13H14ClN3O/c1-3-11(18)15-12-8(2)16-17-13(12)9-4-6-10(14)7-5-9/h4-7H,3H2,1-2H3,(H,15,18)(H,16,17). The fraction of sp³-hybridized carbons (Fsp3) is 0.231. The first-order valence-electron chi connectivity index (χ1n) is 5.72. The Morgan fingerprint density at radius 1 is 1.39 bits per heavy atom. The number of aromatic nitrogens is 2. The van der Waals surface area contributed by atoms with Crippen LogP contribution in [0.1, 0.15) is 19.0 Å². The quantitative estimate of drug-likeness (QED) is 0.892. The van der Waals surface area contributed by atoms with Gasteiger partial charge in [0, 0.05) is 17.0 Å². The normalized spacial score (nSPS) is 10.4. The van der Waals surface area contributed by atoms with E-state index in [1.807, 2.05) is 26.0 Å². The first-order chi connectivity index (χ1) is 8.61. The lowest BCUT2D eigenvalue weighted by Gasteiger charge is -2.05. The zero-order valence-corrected chi connectivity index (χ0v) is 11.0. The number of carbonyl (C=O) groups is 1. The molecule has 4 nitrogen and oxygen atoms in total. The average molecular weight is 264 g/mol. The second-order valence-electron chi connectivity index (χ2n) is 3.98. The first kappa shape index (κ1) is 12.6. The van der Waals surface area contributed by atoms with E-state index in [-0.39, 0.29) is 5.91 Å². The van der Waals surface area contributed by atoms with Gasteiger partial charge in [-0.15, -0.1) is 0 Å². The number of anilines is 1. The molecule has 0 saturated heterocycles. The van der Waals surface area contributed by atoms with Crippen molar-refractivity contribution >= 4 is 23.2 Å². The van der Waals surface area contributed by atoms with Crippen LogP contribution in [0.25, 0.3) is 11.3 Å². The van der Waals surface area contributed by atoms with E-state index < -0.39 is 0 Å². The summed E-state index contributed by atoms with van der Waals surface area (Å²) in [4.78, 5) is 11.5. The van der Waals surface area contributed by atoms with Gasteiger partial charge in [-0.25, -0.2) is 0 Å². The summed E-state index contributed by atoms with van der Waals surface area (Å²) in [5.74, 6) is -0.0327. The van der Waals surface area contributed by atoms with Crippen molar-refractivity contribution in [2.45, 2.75) is 20.3 Å². The van der Waals surface area contributed by atoms with Gasteiger partial charge < -0.3 is 5.32 Å². The van der Waals surface area contributed by atoms with Gasteiger partial charge in [-0.2, -0.15) is 5.10 Å². The Balaban J connectivity index is 2.39. The van der Waals surface area contributed by atoms with Crippen LogP contribution in [0.15, 0.2) is 24.3 Å². The number of benzene rings is 1. The summed E-state index contributed by atoms with van der Waals surface area (Å²) in [6, 6.07) is 7.34. The highest BCUT2D eigenvalue weighted by atomic mass is 35.5. The summed E-state index contributed by atoms with van der Waals surface area (Å²) in [5, 5.41) is 10.6. The minimum Gasteiger partial charge on any atom is -0.323 e. The number of carbonyl (C=O) groups excluding carboxylic acids is 1. The number of nitrogens with zero attached hydrogens (tertiary/aromatic N) is 1. The number of hydrogen-bond donors (Lipinski definition) is 2. The fourth-order valence-corrected chi connectivity index (χ4v) is 1.75. The molecule has 2 N–H and O–H groups in total. The van der Waals surface area contributed by atoms with Crippen molar-refractivity contribution in [3.8, 4) is 11.3 Å². The molecule has 0 saturated carbocycles. The SMILES string of the molecule is CCC(=O)Nc1c(-c2ccc(Cl)cc2)n[nH]c1C. The topological polar surface area (TPSA) is 57.8 Å². The molecule has 2 aromatic rings. The molecule has 0 atom stereocenters. The molecule has 1 aromatic heterocycles. The van der Waals surface area contributed by atoms with E-state index in [0.29, 0.717) is 11.4 Å². The van der Waals surface area contributed by atoms with Gasteiger partial charge in [0.15, 0.2) is 0 Å². The van der Waals surface area contributed by atoms with Crippen molar-refractivity contribution < 1.29 is 4.79 Å². The van der Waals surface area contributed by atoms with Crippen molar-refractivity contribution in [2.24, 2.45) is 0 Å². The lowest BCUT2D eigenvalue weighted by atomic mass is 10.1. The zero-order chi connectivity index (χ0) is 13.1. The van der Waals surface area contributed by atoms with Gasteiger partial charge in [0.05, 0.1) is 11.4 Å². The van der Waals surface area contributed by atoms with E-state index in [9.17, 15) is 4.79 Å². The Morgan fingerprint density at radius 2 is 2.06 bits per heavy atom. The highest BCUT2D eigenvalue weighted by molar-refractivity contribution is 6.30. The molecule has 1 heterocycles. The Kier molecular flexibility index (Phi) is 3.67. The van der Waals surface area contributed by atoms with Gasteiger partial charge in [0.1, 0.15) is 5.69 Å². The van der Waals surface area contributed by atoms with Gasteiger partial charge >= 0.3 is 0 Å². The van der Waals surface area contributed by atoms with Crippen molar-refractivity contribution in [2.75, 3.05) is 5.32 Å². The van der Waals surface area contributed by atoms with E-state index in [1.165, 1.54) is 0 Å². The van der Waals surface area contributed by atoms with Crippen LogP contribution in [0.5, 0.6) is 0 Å². The lowest BCUT2D eigenvalue weighted by molar-refractivity contribution is -0.115. The fourth-order valence-electron chi connectivity index (χ4n) is 1.63. The summed E-state index contributed by atoms with van der Waals surface area (Å²) in [5.41, 5.74) is 3.20. The van der Waals surface area contributed by atoms with Crippen LogP contribution in [0.3, 0.4) is 0 Å². The van der Waals surface area contributed by atoms with Gasteiger partial charge in [0.2, 0.25) is 5.91 Å². The molecule has 0 aliphatic heterocycles. The van der Waals surface area contributed by atoms with Crippen molar-refractivity contribution in [3.05, 3.63) is 35.0 Å². The molecule has 0 fully saturated rings. The molecule has 2 rings (SSSR count). The largest absolute Gasteiger partial charge is 0.323 e. The van der Waals surface area contributed by atoms with E-state index in [0.717, 1.165) is 22.6 Å². The molecule has 0 spiro atoms. The molecule has 1 aromatic carbocycles. The number of H-pyrrole nitrogens is 1. The molecule has 0 aliphatic rings. The van der Waals surface area contributed by atoms with E-state index in [2.05, 4.69) is 15.5 Å². The number of aryl methyl sites for hydroxylation is 1. The second kappa shape index (κ2) is 5.23.